The molecule has 18 heavy (non-hydrogen) atoms. The predicted octanol–water partition coefficient (Wildman–Crippen LogP) is 1.31. The zero-order valence-electron chi connectivity index (χ0n) is 9.06. The molecule has 1 heterocycles. The molecule has 0 amide bonds. The van der Waals surface area contributed by atoms with E-state index in [4.69, 9.17) is 23.2 Å². The van der Waals surface area contributed by atoms with E-state index >= 15 is 0 Å². The fourth-order valence-corrected chi connectivity index (χ4v) is 1.14. The molecule has 0 aliphatic heterocycles. The van der Waals surface area contributed by atoms with Crippen LogP contribution in [0.25, 0.3) is 0 Å². The van der Waals surface area contributed by atoms with Gasteiger partial charge in [0.2, 0.25) is 0 Å². The van der Waals surface area contributed by atoms with E-state index in [1.807, 2.05) is 0 Å². The zero-order valence-corrected chi connectivity index (χ0v) is 9.82. The van der Waals surface area contributed by atoms with Gasteiger partial charge in [-0.3, -0.25) is 0 Å². The first-order valence-corrected chi connectivity index (χ1v) is 5.12. The summed E-state index contributed by atoms with van der Waals surface area (Å²) in [7, 11) is 0. The van der Waals surface area contributed by atoms with Crippen molar-refractivity contribution in [2.45, 2.75) is 6.42 Å². The largest absolute Gasteiger partial charge is 0.460 e. The van der Waals surface area contributed by atoms with E-state index in [1.54, 1.807) is 0 Å². The van der Waals surface area contributed by atoms with Gasteiger partial charge >= 0.3 is 5.97 Å². The van der Waals surface area contributed by atoms with E-state index in [-0.39, 0.29) is 18.7 Å². The molecule has 0 aromatic carbocycles. The number of aromatic nitrogens is 1. The van der Waals surface area contributed by atoms with Crippen LogP contribution in [0.4, 0.5) is 4.39 Å². The number of pyridine rings is 1. The molecule has 0 aliphatic rings. The molecule has 1 rings (SSSR count). The first-order chi connectivity index (χ1) is 8.58. The monoisotopic (exact) mass is 270 g/mol. The molecule has 0 bridgehead atoms. The van der Waals surface area contributed by atoms with Crippen LogP contribution in [0.5, 0.6) is 0 Å². The van der Waals surface area contributed by atoms with Crippen molar-refractivity contribution in [3.8, 4) is 12.3 Å². The van der Waals surface area contributed by atoms with Crippen LogP contribution in [-0.2, 0) is 16.0 Å². The Labute approximate surface area is 107 Å². The number of rotatable bonds is 4. The minimum atomic E-state index is -0.965. The predicted molar refractivity (Wildman–Crippen MR) is 61.9 cm³/mol. The molecule has 0 radical (unpaired) electrons. The lowest BCUT2D eigenvalue weighted by atomic mass is 10.2. The molecular weight excluding hydrogens is 263 g/mol. The van der Waals surface area contributed by atoms with Crippen molar-refractivity contribution in [1.82, 2.24) is 4.98 Å². The van der Waals surface area contributed by atoms with Gasteiger partial charge < -0.3 is 9.94 Å². The highest BCUT2D eigenvalue weighted by Crippen LogP contribution is 2.07. The van der Waals surface area contributed by atoms with Gasteiger partial charge in [-0.15, -0.1) is 6.42 Å². The Morgan fingerprint density at radius 2 is 2.44 bits per heavy atom. The molecule has 1 aromatic heterocycles. The summed E-state index contributed by atoms with van der Waals surface area (Å²) in [4.78, 5) is 14.7. The molecule has 1 N–H and O–H groups in total. The normalized spacial score (nSPS) is 10.8. The Kier molecular flexibility index (Phi) is 5.08. The van der Waals surface area contributed by atoms with E-state index in [2.05, 4.69) is 20.8 Å². The standard InChI is InChI=1S/C11H8ClFN2O3/c1-2-9-8(13)5-7(6-14-9)3-4-18-11(16)10(12)15-17/h1,5-6,17H,3-4H2/b15-10-. The number of esters is 1. The first kappa shape index (κ1) is 13.9. The Balaban J connectivity index is 2.53. The van der Waals surface area contributed by atoms with Gasteiger partial charge in [0, 0.05) is 12.6 Å². The number of carbonyl (C=O) groups is 1. The summed E-state index contributed by atoms with van der Waals surface area (Å²) in [5.41, 5.74) is 0.433. The number of ether oxygens (including phenoxy) is 1. The maximum absolute atomic E-state index is 13.2. The summed E-state index contributed by atoms with van der Waals surface area (Å²) in [6, 6.07) is 1.21. The number of halogens is 2. The molecule has 0 spiro atoms. The second-order valence-corrected chi connectivity index (χ2v) is 3.45. The van der Waals surface area contributed by atoms with Gasteiger partial charge in [-0.25, -0.2) is 14.2 Å². The van der Waals surface area contributed by atoms with Crippen molar-refractivity contribution in [1.29, 1.82) is 0 Å². The van der Waals surface area contributed by atoms with Crippen molar-refractivity contribution in [2.75, 3.05) is 6.61 Å². The highest BCUT2D eigenvalue weighted by molar-refractivity contribution is 6.81. The van der Waals surface area contributed by atoms with Crippen molar-refractivity contribution in [2.24, 2.45) is 5.16 Å². The lowest BCUT2D eigenvalue weighted by Crippen LogP contribution is -2.14. The highest BCUT2D eigenvalue weighted by Gasteiger charge is 2.10. The van der Waals surface area contributed by atoms with Gasteiger partial charge in [0.15, 0.2) is 5.82 Å². The quantitative estimate of drug-likeness (QED) is 0.294. The summed E-state index contributed by atoms with van der Waals surface area (Å²) >= 11 is 5.19. The first-order valence-electron chi connectivity index (χ1n) is 4.74. The number of nitrogens with zero attached hydrogens (tertiary/aromatic N) is 2. The van der Waals surface area contributed by atoms with Gasteiger partial charge in [0.1, 0.15) is 5.69 Å². The molecule has 7 heteroatoms. The van der Waals surface area contributed by atoms with Crippen LogP contribution >= 0.6 is 11.6 Å². The molecule has 0 aliphatic carbocycles. The van der Waals surface area contributed by atoms with Crippen molar-refractivity contribution >= 4 is 22.7 Å². The molecule has 0 saturated carbocycles. The topological polar surface area (TPSA) is 71.8 Å². The van der Waals surface area contributed by atoms with E-state index in [0.29, 0.717) is 5.56 Å². The summed E-state index contributed by atoms with van der Waals surface area (Å²) < 4.78 is 17.9. The van der Waals surface area contributed by atoms with Gasteiger partial charge in [0.05, 0.1) is 6.61 Å². The Morgan fingerprint density at radius 3 is 3.00 bits per heavy atom. The third-order valence-corrected chi connectivity index (χ3v) is 2.14. The highest BCUT2D eigenvalue weighted by atomic mass is 35.5. The smallest absolute Gasteiger partial charge is 0.372 e. The molecule has 0 atom stereocenters. The molecule has 0 fully saturated rings. The SMILES string of the molecule is C#Cc1ncc(CCOC(=O)/C(Cl)=N/O)cc1F. The number of oxime groups is 1. The lowest BCUT2D eigenvalue weighted by molar-refractivity contribution is -0.135. The molecule has 0 saturated heterocycles. The summed E-state index contributed by atoms with van der Waals surface area (Å²) in [5, 5.41) is 9.98. The van der Waals surface area contributed by atoms with Crippen LogP contribution in [0, 0.1) is 18.2 Å². The van der Waals surface area contributed by atoms with Gasteiger partial charge in [-0.05, 0) is 17.6 Å². The number of carbonyl (C=O) groups excluding carboxylic acids is 1. The van der Waals surface area contributed by atoms with Gasteiger partial charge in [0.25, 0.3) is 5.17 Å². The van der Waals surface area contributed by atoms with Crippen molar-refractivity contribution < 1.29 is 19.1 Å². The van der Waals surface area contributed by atoms with E-state index < -0.39 is 17.0 Å². The van der Waals surface area contributed by atoms with E-state index in [1.165, 1.54) is 12.3 Å². The second kappa shape index (κ2) is 6.57. The van der Waals surface area contributed by atoms with E-state index in [0.717, 1.165) is 0 Å². The summed E-state index contributed by atoms with van der Waals surface area (Å²) in [6.07, 6.45) is 6.63. The molecule has 1 aromatic rings. The third kappa shape index (κ3) is 3.71. The maximum atomic E-state index is 13.2. The fraction of sp³-hybridized carbons (Fsp3) is 0.182. The number of hydrogen-bond acceptors (Lipinski definition) is 5. The van der Waals surface area contributed by atoms with Gasteiger partial charge in [-0.2, -0.15) is 0 Å². The van der Waals surface area contributed by atoms with Crippen LogP contribution in [0.15, 0.2) is 17.4 Å². The summed E-state index contributed by atoms with van der Waals surface area (Å²) in [6.45, 7) is -0.0545. The Morgan fingerprint density at radius 1 is 1.72 bits per heavy atom. The Bertz CT molecular complexity index is 526. The van der Waals surface area contributed by atoms with Crippen LogP contribution in [0.3, 0.4) is 0 Å². The van der Waals surface area contributed by atoms with Crippen LogP contribution in [-0.4, -0.2) is 27.9 Å². The average molecular weight is 271 g/mol. The average Bonchev–Trinajstić information content (AvgIpc) is 2.37. The van der Waals surface area contributed by atoms with Crippen LogP contribution < -0.4 is 0 Å². The van der Waals surface area contributed by atoms with Crippen LogP contribution in [0.2, 0.25) is 0 Å². The molecule has 5 nitrogen and oxygen atoms in total. The second-order valence-electron chi connectivity index (χ2n) is 3.10. The minimum absolute atomic E-state index is 0.0545. The Hall–Kier alpha value is -2.13. The molecule has 0 unspecified atom stereocenters. The number of hydrogen-bond donors (Lipinski definition) is 1. The zero-order chi connectivity index (χ0) is 13.5. The third-order valence-electron chi connectivity index (χ3n) is 1.91. The molecule has 94 valence electrons. The van der Waals surface area contributed by atoms with Crippen molar-refractivity contribution in [3.05, 3.63) is 29.3 Å². The maximum Gasteiger partial charge on any atom is 0.372 e. The summed E-state index contributed by atoms with van der Waals surface area (Å²) in [5.74, 6) is 0.507. The lowest BCUT2D eigenvalue weighted by Gasteiger charge is -2.03. The van der Waals surface area contributed by atoms with Gasteiger partial charge in [-0.1, -0.05) is 16.8 Å². The van der Waals surface area contributed by atoms with Crippen LogP contribution in [0.1, 0.15) is 11.3 Å². The molecular formula is C11H8ClFN2O3. The van der Waals surface area contributed by atoms with Crippen molar-refractivity contribution in [3.63, 3.8) is 0 Å². The van der Waals surface area contributed by atoms with E-state index in [9.17, 15) is 9.18 Å². The number of terminal acetylenes is 1. The minimum Gasteiger partial charge on any atom is -0.460 e. The fourth-order valence-electron chi connectivity index (χ4n) is 1.08.